The molecule has 0 aliphatic carbocycles. The van der Waals surface area contributed by atoms with E-state index < -0.39 is 11.4 Å². The van der Waals surface area contributed by atoms with Crippen molar-refractivity contribution in [3.63, 3.8) is 0 Å². The molecular weight excluding hydrogens is 236 g/mol. The van der Waals surface area contributed by atoms with Crippen molar-refractivity contribution in [2.24, 2.45) is 0 Å². The van der Waals surface area contributed by atoms with Crippen LogP contribution in [0.5, 0.6) is 0 Å². The van der Waals surface area contributed by atoms with Gasteiger partial charge in [0.05, 0.1) is 0 Å². The number of aromatic nitrogens is 4. The highest BCUT2D eigenvalue weighted by Gasteiger charge is 2.04. The molecule has 0 bridgehead atoms. The Balaban J connectivity index is 2.43. The first-order valence-electron chi connectivity index (χ1n) is 5.14. The van der Waals surface area contributed by atoms with E-state index in [9.17, 15) is 9.59 Å². The minimum absolute atomic E-state index is 0.0130. The molecule has 0 fully saturated rings. The topological polar surface area (TPSA) is 122 Å². The molecule has 8 heteroatoms. The monoisotopic (exact) mass is 248 g/mol. The van der Waals surface area contributed by atoms with Crippen LogP contribution in [0.4, 0.5) is 11.6 Å². The average Bonchev–Trinajstić information content (AvgIpc) is 2.29. The summed E-state index contributed by atoms with van der Waals surface area (Å²) < 4.78 is 2.51. The van der Waals surface area contributed by atoms with Gasteiger partial charge in [-0.3, -0.25) is 9.13 Å². The van der Waals surface area contributed by atoms with E-state index in [1.54, 1.807) is 6.92 Å². The van der Waals surface area contributed by atoms with E-state index in [2.05, 4.69) is 9.97 Å². The summed E-state index contributed by atoms with van der Waals surface area (Å²) in [6, 6.07) is 1.48. The van der Waals surface area contributed by atoms with Crippen LogP contribution in [0.2, 0.25) is 0 Å². The Morgan fingerprint density at radius 1 is 1.17 bits per heavy atom. The summed E-state index contributed by atoms with van der Waals surface area (Å²) in [5.74, 6) is 0.314. The van der Waals surface area contributed by atoms with Crippen LogP contribution >= 0.6 is 0 Å². The highest BCUT2D eigenvalue weighted by molar-refractivity contribution is 5.35. The average molecular weight is 248 g/mol. The number of nitrogen functional groups attached to an aromatic ring is 2. The van der Waals surface area contributed by atoms with Gasteiger partial charge in [0.15, 0.2) is 0 Å². The second-order valence-corrected chi connectivity index (χ2v) is 3.81. The molecule has 0 aliphatic rings. The van der Waals surface area contributed by atoms with Crippen molar-refractivity contribution in [1.29, 1.82) is 0 Å². The number of nitrogens with two attached hydrogens (primary N) is 2. The van der Waals surface area contributed by atoms with Gasteiger partial charge in [-0.2, -0.15) is 9.97 Å². The van der Waals surface area contributed by atoms with Crippen molar-refractivity contribution in [3.8, 4) is 0 Å². The third-order valence-corrected chi connectivity index (χ3v) is 2.42. The SMILES string of the molecule is Cc1cn(Cn2ccc(N)nc2=O)c(=O)nc1N. The molecule has 0 amide bonds. The van der Waals surface area contributed by atoms with Crippen LogP contribution in [0.25, 0.3) is 0 Å². The summed E-state index contributed by atoms with van der Waals surface area (Å²) >= 11 is 0. The largest absolute Gasteiger partial charge is 0.383 e. The molecule has 4 N–H and O–H groups in total. The molecule has 8 nitrogen and oxygen atoms in total. The molecule has 0 unspecified atom stereocenters. The molecule has 2 heterocycles. The lowest BCUT2D eigenvalue weighted by Gasteiger charge is -2.09. The Morgan fingerprint density at radius 2 is 1.83 bits per heavy atom. The Morgan fingerprint density at radius 3 is 2.50 bits per heavy atom. The van der Waals surface area contributed by atoms with Crippen LogP contribution < -0.4 is 22.8 Å². The van der Waals surface area contributed by atoms with Gasteiger partial charge in [-0.15, -0.1) is 0 Å². The molecule has 2 aromatic heterocycles. The van der Waals surface area contributed by atoms with E-state index >= 15 is 0 Å². The van der Waals surface area contributed by atoms with E-state index in [-0.39, 0.29) is 18.3 Å². The number of hydrogen-bond acceptors (Lipinski definition) is 6. The molecule has 0 aromatic carbocycles. The van der Waals surface area contributed by atoms with Crippen molar-refractivity contribution in [2.75, 3.05) is 11.5 Å². The maximum absolute atomic E-state index is 11.6. The molecule has 0 saturated heterocycles. The standard InChI is InChI=1S/C10H12N6O2/c1-6-4-16(10(18)14-8(6)12)5-15-3-2-7(11)13-9(15)17/h2-4H,5H2,1H3,(H2,11,13,17)(H2,12,14,18). The number of nitrogens with zero attached hydrogens (tertiary/aromatic N) is 4. The highest BCUT2D eigenvalue weighted by Crippen LogP contribution is 2.01. The lowest BCUT2D eigenvalue weighted by atomic mass is 10.3. The minimum atomic E-state index is -0.531. The van der Waals surface area contributed by atoms with E-state index in [0.717, 1.165) is 0 Å². The molecule has 0 saturated carbocycles. The summed E-state index contributed by atoms with van der Waals surface area (Å²) in [5.41, 5.74) is 10.5. The minimum Gasteiger partial charge on any atom is -0.383 e. The predicted molar refractivity (Wildman–Crippen MR) is 66.0 cm³/mol. The zero-order chi connectivity index (χ0) is 13.3. The molecule has 0 atom stereocenters. The molecule has 0 spiro atoms. The van der Waals surface area contributed by atoms with Crippen molar-refractivity contribution in [1.82, 2.24) is 19.1 Å². The van der Waals surface area contributed by atoms with Crippen molar-refractivity contribution in [2.45, 2.75) is 13.6 Å². The van der Waals surface area contributed by atoms with E-state index in [1.165, 1.54) is 27.6 Å². The molecule has 0 radical (unpaired) electrons. The van der Waals surface area contributed by atoms with Gasteiger partial charge in [-0.05, 0) is 13.0 Å². The van der Waals surface area contributed by atoms with Crippen LogP contribution in [0.15, 0.2) is 28.0 Å². The van der Waals surface area contributed by atoms with Gasteiger partial charge < -0.3 is 11.5 Å². The fourth-order valence-electron chi connectivity index (χ4n) is 1.43. The van der Waals surface area contributed by atoms with E-state index in [1.807, 2.05) is 0 Å². The zero-order valence-corrected chi connectivity index (χ0v) is 9.70. The molecule has 18 heavy (non-hydrogen) atoms. The van der Waals surface area contributed by atoms with Crippen LogP contribution in [0, 0.1) is 6.92 Å². The van der Waals surface area contributed by atoms with Crippen LogP contribution in [0.3, 0.4) is 0 Å². The Bertz CT molecular complexity index is 702. The van der Waals surface area contributed by atoms with Crippen LogP contribution in [0.1, 0.15) is 5.56 Å². The number of anilines is 2. The van der Waals surface area contributed by atoms with Gasteiger partial charge in [0.1, 0.15) is 18.3 Å². The second kappa shape index (κ2) is 4.32. The fraction of sp³-hybridized carbons (Fsp3) is 0.200. The van der Waals surface area contributed by atoms with Crippen molar-refractivity contribution < 1.29 is 0 Å². The lowest BCUT2D eigenvalue weighted by Crippen LogP contribution is -2.32. The van der Waals surface area contributed by atoms with Gasteiger partial charge in [0.2, 0.25) is 0 Å². The van der Waals surface area contributed by atoms with Gasteiger partial charge in [0, 0.05) is 18.0 Å². The third-order valence-electron chi connectivity index (χ3n) is 2.42. The lowest BCUT2D eigenvalue weighted by molar-refractivity contribution is 0.549. The van der Waals surface area contributed by atoms with Crippen LogP contribution in [-0.2, 0) is 6.67 Å². The van der Waals surface area contributed by atoms with Crippen LogP contribution in [-0.4, -0.2) is 19.1 Å². The summed E-state index contributed by atoms with van der Waals surface area (Å²) in [7, 11) is 0. The normalized spacial score (nSPS) is 10.5. The molecular formula is C10H12N6O2. The fourth-order valence-corrected chi connectivity index (χ4v) is 1.43. The van der Waals surface area contributed by atoms with E-state index in [4.69, 9.17) is 11.5 Å². The Kier molecular flexibility index (Phi) is 2.84. The van der Waals surface area contributed by atoms with Gasteiger partial charge in [0.25, 0.3) is 0 Å². The number of rotatable bonds is 2. The first-order chi connectivity index (χ1) is 8.47. The summed E-state index contributed by atoms with van der Waals surface area (Å²) in [4.78, 5) is 30.3. The van der Waals surface area contributed by atoms with Gasteiger partial charge >= 0.3 is 11.4 Å². The smallest absolute Gasteiger partial charge is 0.351 e. The maximum atomic E-state index is 11.6. The molecule has 2 aromatic rings. The first kappa shape index (κ1) is 11.8. The quantitative estimate of drug-likeness (QED) is 0.686. The Hall–Kier alpha value is -2.64. The highest BCUT2D eigenvalue weighted by atomic mass is 16.2. The molecule has 2 rings (SSSR count). The molecule has 0 aliphatic heterocycles. The Labute approximate surface area is 102 Å². The maximum Gasteiger partial charge on any atom is 0.351 e. The third kappa shape index (κ3) is 2.21. The molecule has 94 valence electrons. The van der Waals surface area contributed by atoms with Gasteiger partial charge in [-0.1, -0.05) is 0 Å². The van der Waals surface area contributed by atoms with Gasteiger partial charge in [-0.25, -0.2) is 9.59 Å². The zero-order valence-electron chi connectivity index (χ0n) is 9.70. The second-order valence-electron chi connectivity index (χ2n) is 3.81. The number of hydrogen-bond donors (Lipinski definition) is 2. The predicted octanol–water partition coefficient (Wildman–Crippen LogP) is -1.22. The summed E-state index contributed by atoms with van der Waals surface area (Å²) in [6.45, 7) is 1.74. The van der Waals surface area contributed by atoms with Crippen molar-refractivity contribution in [3.05, 3.63) is 45.0 Å². The summed E-state index contributed by atoms with van der Waals surface area (Å²) in [5, 5.41) is 0. The van der Waals surface area contributed by atoms with Crippen molar-refractivity contribution >= 4 is 11.6 Å². The number of aryl methyl sites for hydroxylation is 1. The van der Waals surface area contributed by atoms with E-state index in [0.29, 0.717) is 5.56 Å². The summed E-state index contributed by atoms with van der Waals surface area (Å²) in [6.07, 6.45) is 3.00. The first-order valence-corrected chi connectivity index (χ1v) is 5.14.